The number of amides is 2. The van der Waals surface area contributed by atoms with Crippen LogP contribution in [-0.4, -0.2) is 37.2 Å². The lowest BCUT2D eigenvalue weighted by molar-refractivity contribution is -0.131. The highest BCUT2D eigenvalue weighted by atomic mass is 19.3. The van der Waals surface area contributed by atoms with E-state index in [-0.39, 0.29) is 11.4 Å². The van der Waals surface area contributed by atoms with E-state index in [4.69, 9.17) is 0 Å². The molecule has 0 aliphatic carbocycles. The average molecular weight is 183 g/mol. The van der Waals surface area contributed by atoms with Gasteiger partial charge in [-0.1, -0.05) is 0 Å². The van der Waals surface area contributed by atoms with Crippen molar-refractivity contribution in [1.29, 1.82) is 0 Å². The number of alkyl halides is 3. The lowest BCUT2D eigenvalue weighted by Gasteiger charge is -2.26. The van der Waals surface area contributed by atoms with E-state index in [2.05, 4.69) is 5.32 Å². The Kier molecular flexibility index (Phi) is 3.85. The molecule has 0 atom stereocenters. The van der Waals surface area contributed by atoms with Crippen molar-refractivity contribution in [3.8, 4) is 0 Å². The number of urea groups is 1. The molecular weight excluding hydrogens is 173 g/mol. The molecule has 0 aromatic carbocycles. The predicted molar refractivity (Wildman–Crippen MR) is 36.8 cm³/mol. The van der Waals surface area contributed by atoms with Gasteiger partial charge >= 0.3 is 12.1 Å². The summed E-state index contributed by atoms with van der Waals surface area (Å²) in [6, 6.07) is -4.86. The number of hydrogen-bond acceptors (Lipinski definition) is 1. The fraction of sp³-hybridized carbons (Fsp3) is 0.833. The lowest BCUT2D eigenvalue weighted by Crippen LogP contribution is -2.48. The standard InChI is InChI=1S/C6H10F3N2O/c1-3-11(5(12)10-2)6(8,9)4-7/h3-4H2,1-2H3. The molecule has 0 aliphatic heterocycles. The maximum Gasteiger partial charge on any atom is 0.357 e. The molecule has 0 unspecified atom stereocenters. The molecule has 0 bridgehead atoms. The van der Waals surface area contributed by atoms with Crippen molar-refractivity contribution in [3.05, 3.63) is 0 Å². The summed E-state index contributed by atoms with van der Waals surface area (Å²) in [7, 11) is 1.08. The molecule has 71 valence electrons. The minimum absolute atomic E-state index is 0.0764. The van der Waals surface area contributed by atoms with Crippen LogP contribution in [0.25, 0.3) is 0 Å². The average Bonchev–Trinajstić information content (AvgIpc) is 2.05. The molecule has 6 heteroatoms. The van der Waals surface area contributed by atoms with Crippen LogP contribution in [0.2, 0.25) is 0 Å². The second-order valence-corrected chi connectivity index (χ2v) is 2.05. The summed E-state index contributed by atoms with van der Waals surface area (Å²) in [4.78, 5) is 10.7. The van der Waals surface area contributed by atoms with E-state index in [9.17, 15) is 18.0 Å². The van der Waals surface area contributed by atoms with E-state index in [1.54, 1.807) is 0 Å². The summed E-state index contributed by atoms with van der Waals surface area (Å²) < 4.78 is 36.8. The van der Waals surface area contributed by atoms with Gasteiger partial charge in [-0.05, 0) is 6.92 Å². The van der Waals surface area contributed by atoms with E-state index < -0.39 is 18.8 Å². The predicted octanol–water partition coefficient (Wildman–Crippen LogP) is 1.22. The van der Waals surface area contributed by atoms with E-state index in [0.717, 1.165) is 7.05 Å². The third-order valence-electron chi connectivity index (χ3n) is 1.29. The Morgan fingerprint density at radius 3 is 2.33 bits per heavy atom. The molecule has 3 nitrogen and oxygen atoms in total. The van der Waals surface area contributed by atoms with Gasteiger partial charge in [-0.2, -0.15) is 8.78 Å². The van der Waals surface area contributed by atoms with Gasteiger partial charge in [0.15, 0.2) is 6.67 Å². The Morgan fingerprint density at radius 2 is 2.08 bits per heavy atom. The first-order valence-corrected chi connectivity index (χ1v) is 3.34. The summed E-state index contributed by atoms with van der Waals surface area (Å²) in [5.41, 5.74) is 0. The van der Waals surface area contributed by atoms with Crippen molar-refractivity contribution < 1.29 is 18.0 Å². The zero-order chi connectivity index (χ0) is 9.78. The lowest BCUT2D eigenvalue weighted by atomic mass is 10.5. The molecule has 0 rings (SSSR count). The Morgan fingerprint density at radius 1 is 1.58 bits per heavy atom. The number of nitrogens with zero attached hydrogens (tertiary/aromatic N) is 2. The fourth-order valence-corrected chi connectivity index (χ4v) is 0.699. The Hall–Kier alpha value is -0.940. The topological polar surface area (TPSA) is 34.4 Å². The first kappa shape index (κ1) is 11.1. The van der Waals surface area contributed by atoms with E-state index in [1.165, 1.54) is 6.92 Å². The molecule has 0 N–H and O–H groups in total. The van der Waals surface area contributed by atoms with Crippen LogP contribution in [0.15, 0.2) is 0 Å². The Labute approximate surface area is 68.5 Å². The molecule has 0 heterocycles. The van der Waals surface area contributed by atoms with Crippen LogP contribution in [0.5, 0.6) is 0 Å². The van der Waals surface area contributed by atoms with E-state index >= 15 is 0 Å². The number of rotatable bonds is 3. The minimum Gasteiger partial charge on any atom is -0.262 e. The number of halogens is 3. The van der Waals surface area contributed by atoms with Gasteiger partial charge < -0.3 is 0 Å². The zero-order valence-electron chi connectivity index (χ0n) is 6.85. The normalized spacial score (nSPS) is 11.1. The summed E-state index contributed by atoms with van der Waals surface area (Å²) in [6.45, 7) is -0.832. The second kappa shape index (κ2) is 4.18. The van der Waals surface area contributed by atoms with Gasteiger partial charge in [0, 0.05) is 13.6 Å². The van der Waals surface area contributed by atoms with Crippen molar-refractivity contribution in [1.82, 2.24) is 10.2 Å². The quantitative estimate of drug-likeness (QED) is 0.606. The molecular formula is C6H10F3N2O. The molecule has 0 fully saturated rings. The van der Waals surface area contributed by atoms with Crippen LogP contribution in [-0.2, 0) is 0 Å². The molecule has 2 amide bonds. The van der Waals surface area contributed by atoms with Crippen molar-refractivity contribution >= 4 is 6.03 Å². The molecule has 0 aliphatic rings. The van der Waals surface area contributed by atoms with E-state index in [1.807, 2.05) is 0 Å². The summed E-state index contributed by atoms with van der Waals surface area (Å²) in [5.74, 6) is 0. The van der Waals surface area contributed by atoms with Crippen molar-refractivity contribution in [2.45, 2.75) is 13.0 Å². The highest BCUT2D eigenvalue weighted by molar-refractivity contribution is 5.73. The first-order valence-electron chi connectivity index (χ1n) is 3.34. The van der Waals surface area contributed by atoms with Gasteiger partial charge in [-0.15, -0.1) is 0 Å². The first-order chi connectivity index (χ1) is 5.49. The summed E-state index contributed by atoms with van der Waals surface area (Å²) >= 11 is 0. The number of carbonyl (C=O) groups is 1. The molecule has 12 heavy (non-hydrogen) atoms. The maximum absolute atomic E-state index is 12.5. The molecule has 0 aromatic rings. The largest absolute Gasteiger partial charge is 0.357 e. The van der Waals surface area contributed by atoms with Crippen LogP contribution in [0.1, 0.15) is 6.92 Å². The summed E-state index contributed by atoms with van der Waals surface area (Å²) in [5, 5.41) is 3.01. The van der Waals surface area contributed by atoms with Gasteiger partial charge in [0.25, 0.3) is 0 Å². The van der Waals surface area contributed by atoms with Crippen LogP contribution < -0.4 is 5.32 Å². The van der Waals surface area contributed by atoms with Crippen LogP contribution in [0.4, 0.5) is 18.0 Å². The Bertz CT molecular complexity index is 163. The molecule has 0 spiro atoms. The van der Waals surface area contributed by atoms with Gasteiger partial charge in [0.05, 0.1) is 0 Å². The van der Waals surface area contributed by atoms with Gasteiger partial charge in [0.2, 0.25) is 0 Å². The minimum atomic E-state index is -3.74. The summed E-state index contributed by atoms with van der Waals surface area (Å²) in [6.07, 6.45) is 0. The van der Waals surface area contributed by atoms with Crippen LogP contribution in [0.3, 0.4) is 0 Å². The molecule has 0 saturated heterocycles. The molecule has 0 saturated carbocycles. The monoisotopic (exact) mass is 183 g/mol. The fourth-order valence-electron chi connectivity index (χ4n) is 0.699. The zero-order valence-corrected chi connectivity index (χ0v) is 6.85. The Balaban J connectivity index is 4.43. The van der Waals surface area contributed by atoms with Crippen molar-refractivity contribution in [2.24, 2.45) is 0 Å². The van der Waals surface area contributed by atoms with E-state index in [0.29, 0.717) is 0 Å². The molecule has 0 aromatic heterocycles. The smallest absolute Gasteiger partial charge is 0.262 e. The maximum atomic E-state index is 12.5. The van der Waals surface area contributed by atoms with Gasteiger partial charge in [0.1, 0.15) is 0 Å². The van der Waals surface area contributed by atoms with Crippen LogP contribution in [0, 0.1) is 0 Å². The van der Waals surface area contributed by atoms with Crippen molar-refractivity contribution in [3.63, 3.8) is 0 Å². The van der Waals surface area contributed by atoms with Gasteiger partial charge in [-0.25, -0.2) is 14.5 Å². The number of carbonyl (C=O) groups excluding carboxylic acids is 1. The van der Waals surface area contributed by atoms with Crippen LogP contribution >= 0.6 is 0 Å². The third kappa shape index (κ3) is 2.28. The van der Waals surface area contributed by atoms with Crippen molar-refractivity contribution in [2.75, 3.05) is 20.3 Å². The van der Waals surface area contributed by atoms with Gasteiger partial charge in [-0.3, -0.25) is 4.90 Å². The molecule has 1 radical (unpaired) electrons. The number of hydrogen-bond donors (Lipinski definition) is 0. The highest BCUT2D eigenvalue weighted by Gasteiger charge is 2.39. The second-order valence-electron chi connectivity index (χ2n) is 2.05. The SMILES string of the molecule is CCN(C(=O)[N]C)C(F)(F)CF. The third-order valence-corrected chi connectivity index (χ3v) is 1.29. The highest BCUT2D eigenvalue weighted by Crippen LogP contribution is 2.19.